The standard InChI is InChI=1S/C25H27N3O/c29-24(25(12-13-25)21-16-20-10-4-5-11-22(20)26-17-21)27-23(18-28-14-6-7-15-28)19-8-2-1-3-9-19/h1-5,8-11,16-17,23H,6-7,12-15,18H2,(H,27,29). The molecule has 1 N–H and O–H groups in total. The number of nitrogens with zero attached hydrogens (tertiary/aromatic N) is 2. The molecule has 29 heavy (non-hydrogen) atoms. The largest absolute Gasteiger partial charge is 0.347 e. The van der Waals surface area contributed by atoms with Crippen molar-refractivity contribution in [3.63, 3.8) is 0 Å². The van der Waals surface area contributed by atoms with Gasteiger partial charge in [-0.3, -0.25) is 9.78 Å². The molecule has 148 valence electrons. The first kappa shape index (κ1) is 18.3. The van der Waals surface area contributed by atoms with Crippen molar-refractivity contribution in [2.75, 3.05) is 19.6 Å². The number of para-hydroxylation sites is 1. The van der Waals surface area contributed by atoms with E-state index in [0.29, 0.717) is 0 Å². The smallest absolute Gasteiger partial charge is 0.231 e. The van der Waals surface area contributed by atoms with Gasteiger partial charge in [-0.2, -0.15) is 0 Å². The first-order valence-corrected chi connectivity index (χ1v) is 10.7. The number of hydrogen-bond donors (Lipinski definition) is 1. The van der Waals surface area contributed by atoms with Gasteiger partial charge in [0, 0.05) is 18.1 Å². The van der Waals surface area contributed by atoms with E-state index in [1.54, 1.807) is 0 Å². The minimum atomic E-state index is -0.422. The zero-order valence-electron chi connectivity index (χ0n) is 16.7. The van der Waals surface area contributed by atoms with E-state index in [2.05, 4.69) is 51.6 Å². The van der Waals surface area contributed by atoms with E-state index in [1.165, 1.54) is 18.4 Å². The highest BCUT2D eigenvalue weighted by Crippen LogP contribution is 2.49. The lowest BCUT2D eigenvalue weighted by Crippen LogP contribution is -2.41. The number of likely N-dealkylation sites (tertiary alicyclic amines) is 1. The summed E-state index contributed by atoms with van der Waals surface area (Å²) in [6.45, 7) is 3.12. The second-order valence-corrected chi connectivity index (χ2v) is 8.44. The van der Waals surface area contributed by atoms with Crippen LogP contribution in [0.5, 0.6) is 0 Å². The van der Waals surface area contributed by atoms with Crippen LogP contribution in [-0.2, 0) is 10.2 Å². The van der Waals surface area contributed by atoms with E-state index in [-0.39, 0.29) is 11.9 Å². The highest BCUT2D eigenvalue weighted by molar-refractivity contribution is 5.93. The van der Waals surface area contributed by atoms with Gasteiger partial charge in [-0.05, 0) is 62.0 Å². The molecule has 3 aromatic rings. The van der Waals surface area contributed by atoms with Gasteiger partial charge in [0.1, 0.15) is 0 Å². The topological polar surface area (TPSA) is 45.2 Å². The van der Waals surface area contributed by atoms with Crippen molar-refractivity contribution in [2.45, 2.75) is 37.1 Å². The molecule has 2 heterocycles. The predicted octanol–water partition coefficient (Wildman–Crippen LogP) is 4.22. The van der Waals surface area contributed by atoms with E-state index in [4.69, 9.17) is 0 Å². The quantitative estimate of drug-likeness (QED) is 0.691. The van der Waals surface area contributed by atoms with Gasteiger partial charge < -0.3 is 10.2 Å². The lowest BCUT2D eigenvalue weighted by Gasteiger charge is -2.27. The zero-order chi connectivity index (χ0) is 19.7. The summed E-state index contributed by atoms with van der Waals surface area (Å²) in [6.07, 6.45) is 6.19. The molecule has 1 amide bonds. The van der Waals surface area contributed by atoms with Crippen LogP contribution in [0.1, 0.15) is 42.9 Å². The fourth-order valence-corrected chi connectivity index (χ4v) is 4.54. The maximum absolute atomic E-state index is 13.5. The number of rotatable bonds is 6. The number of hydrogen-bond acceptors (Lipinski definition) is 3. The van der Waals surface area contributed by atoms with E-state index in [0.717, 1.165) is 48.9 Å². The number of carbonyl (C=O) groups excluding carboxylic acids is 1. The Morgan fingerprint density at radius 2 is 1.76 bits per heavy atom. The Morgan fingerprint density at radius 1 is 1.03 bits per heavy atom. The number of nitrogens with one attached hydrogen (secondary N) is 1. The van der Waals surface area contributed by atoms with Gasteiger partial charge >= 0.3 is 0 Å². The molecule has 4 nitrogen and oxygen atoms in total. The van der Waals surface area contributed by atoms with Crippen molar-refractivity contribution in [1.29, 1.82) is 0 Å². The Balaban J connectivity index is 1.39. The second kappa shape index (κ2) is 7.60. The van der Waals surface area contributed by atoms with Gasteiger partial charge in [0.2, 0.25) is 5.91 Å². The van der Waals surface area contributed by atoms with Crippen LogP contribution in [0.15, 0.2) is 66.9 Å². The third kappa shape index (κ3) is 3.65. The van der Waals surface area contributed by atoms with E-state index >= 15 is 0 Å². The molecule has 1 aliphatic heterocycles. The molecule has 1 aromatic heterocycles. The van der Waals surface area contributed by atoms with Crippen molar-refractivity contribution in [2.24, 2.45) is 0 Å². The molecule has 0 bridgehead atoms. The Hall–Kier alpha value is -2.72. The number of benzene rings is 2. The van der Waals surface area contributed by atoms with Crippen LogP contribution < -0.4 is 5.32 Å². The van der Waals surface area contributed by atoms with Crippen LogP contribution in [0.25, 0.3) is 10.9 Å². The molecule has 1 atom stereocenters. The van der Waals surface area contributed by atoms with Gasteiger partial charge in [0.05, 0.1) is 17.0 Å². The lowest BCUT2D eigenvalue weighted by molar-refractivity contribution is -0.124. The minimum Gasteiger partial charge on any atom is -0.347 e. The lowest BCUT2D eigenvalue weighted by atomic mass is 9.94. The molecular formula is C25H27N3O. The molecule has 1 saturated heterocycles. The van der Waals surface area contributed by atoms with Crippen LogP contribution in [0.4, 0.5) is 0 Å². The van der Waals surface area contributed by atoms with E-state index in [1.807, 2.05) is 30.5 Å². The molecule has 4 heteroatoms. The second-order valence-electron chi connectivity index (χ2n) is 8.44. The molecule has 5 rings (SSSR count). The van der Waals surface area contributed by atoms with Crippen molar-refractivity contribution < 1.29 is 4.79 Å². The third-order valence-electron chi connectivity index (χ3n) is 6.47. The number of amides is 1. The average Bonchev–Trinajstić information content (AvgIpc) is 3.43. The number of fused-ring (bicyclic) bond motifs is 1. The first-order chi connectivity index (χ1) is 14.2. The van der Waals surface area contributed by atoms with Crippen molar-refractivity contribution in [3.05, 3.63) is 78.0 Å². The number of pyridine rings is 1. The number of aromatic nitrogens is 1. The average molecular weight is 386 g/mol. The van der Waals surface area contributed by atoms with Gasteiger partial charge in [0.25, 0.3) is 0 Å². The highest BCUT2D eigenvalue weighted by Gasteiger charge is 2.52. The normalized spacial score (nSPS) is 19.2. The summed E-state index contributed by atoms with van der Waals surface area (Å²) in [7, 11) is 0. The fraction of sp³-hybridized carbons (Fsp3) is 0.360. The molecule has 0 radical (unpaired) electrons. The van der Waals surface area contributed by atoms with Crippen LogP contribution in [-0.4, -0.2) is 35.4 Å². The van der Waals surface area contributed by atoms with Gasteiger partial charge in [-0.1, -0.05) is 48.5 Å². The van der Waals surface area contributed by atoms with Gasteiger partial charge in [-0.15, -0.1) is 0 Å². The summed E-state index contributed by atoms with van der Waals surface area (Å²) in [5.74, 6) is 0.141. The molecule has 2 aromatic carbocycles. The Bertz CT molecular complexity index is 1010. The summed E-state index contributed by atoms with van der Waals surface area (Å²) in [5, 5.41) is 4.50. The van der Waals surface area contributed by atoms with Gasteiger partial charge in [0.15, 0.2) is 0 Å². The summed E-state index contributed by atoms with van der Waals surface area (Å²) in [4.78, 5) is 20.5. The van der Waals surface area contributed by atoms with Crippen LogP contribution in [0.3, 0.4) is 0 Å². The van der Waals surface area contributed by atoms with Crippen LogP contribution >= 0.6 is 0 Å². The summed E-state index contributed by atoms with van der Waals surface area (Å²) >= 11 is 0. The Morgan fingerprint density at radius 3 is 2.52 bits per heavy atom. The van der Waals surface area contributed by atoms with Crippen molar-refractivity contribution in [1.82, 2.24) is 15.2 Å². The summed E-state index contributed by atoms with van der Waals surface area (Å²) < 4.78 is 0. The maximum Gasteiger partial charge on any atom is 0.231 e. The molecular weight excluding hydrogens is 358 g/mol. The van der Waals surface area contributed by atoms with Crippen LogP contribution in [0, 0.1) is 0 Å². The minimum absolute atomic E-state index is 0.0210. The first-order valence-electron chi connectivity index (χ1n) is 10.7. The highest BCUT2D eigenvalue weighted by atomic mass is 16.2. The Kier molecular flexibility index (Phi) is 4.80. The summed E-state index contributed by atoms with van der Waals surface area (Å²) in [5.41, 5.74) is 2.78. The third-order valence-corrected chi connectivity index (χ3v) is 6.47. The van der Waals surface area contributed by atoms with E-state index < -0.39 is 5.41 Å². The zero-order valence-corrected chi connectivity index (χ0v) is 16.7. The predicted molar refractivity (Wildman–Crippen MR) is 116 cm³/mol. The molecule has 1 saturated carbocycles. The maximum atomic E-state index is 13.5. The monoisotopic (exact) mass is 385 g/mol. The molecule has 0 spiro atoms. The summed E-state index contributed by atoms with van der Waals surface area (Å²) in [6, 6.07) is 20.7. The fourth-order valence-electron chi connectivity index (χ4n) is 4.54. The molecule has 2 aliphatic rings. The number of carbonyl (C=O) groups is 1. The van der Waals surface area contributed by atoms with Crippen LogP contribution in [0.2, 0.25) is 0 Å². The Labute approximate surface area is 171 Å². The SMILES string of the molecule is O=C(NC(CN1CCCC1)c1ccccc1)C1(c2cnc3ccccc3c2)CC1. The molecule has 1 unspecified atom stereocenters. The molecule has 1 aliphatic carbocycles. The molecule has 2 fully saturated rings. The van der Waals surface area contributed by atoms with Crippen molar-refractivity contribution >= 4 is 16.8 Å². The van der Waals surface area contributed by atoms with E-state index in [9.17, 15) is 4.79 Å². The van der Waals surface area contributed by atoms with Gasteiger partial charge in [-0.25, -0.2) is 0 Å². The van der Waals surface area contributed by atoms with Crippen molar-refractivity contribution in [3.8, 4) is 0 Å².